The lowest BCUT2D eigenvalue weighted by atomic mass is 10.3. The van der Waals surface area contributed by atoms with E-state index in [1.54, 1.807) is 18.9 Å². The van der Waals surface area contributed by atoms with Crippen molar-refractivity contribution in [2.45, 2.75) is 25.8 Å². The van der Waals surface area contributed by atoms with Crippen molar-refractivity contribution < 1.29 is 10.0 Å². The maximum Gasteiger partial charge on any atom is 0.332 e. The quantitative estimate of drug-likeness (QED) is 0.577. The smallest absolute Gasteiger partial charge is 0.332 e. The first-order valence-corrected chi connectivity index (χ1v) is 6.16. The van der Waals surface area contributed by atoms with E-state index in [2.05, 4.69) is 15.3 Å². The zero-order chi connectivity index (χ0) is 14.0. The topological polar surface area (TPSA) is 104 Å². The third-order valence-electron chi connectivity index (χ3n) is 3.05. The van der Waals surface area contributed by atoms with Crippen LogP contribution in [0.25, 0.3) is 0 Å². The van der Waals surface area contributed by atoms with Gasteiger partial charge in [-0.05, 0) is 19.8 Å². The largest absolute Gasteiger partial charge is 0.395 e. The third kappa shape index (κ3) is 2.73. The van der Waals surface area contributed by atoms with Gasteiger partial charge in [-0.1, -0.05) is 0 Å². The molecular formula is C11H17N5O3. The van der Waals surface area contributed by atoms with E-state index < -0.39 is 4.92 Å². The number of rotatable bonds is 6. The van der Waals surface area contributed by atoms with Gasteiger partial charge in [0.1, 0.15) is 5.69 Å². The summed E-state index contributed by atoms with van der Waals surface area (Å²) in [6.45, 7) is 1.87. The minimum absolute atomic E-state index is 0.0639. The fourth-order valence-corrected chi connectivity index (χ4v) is 2.03. The Balaban J connectivity index is 2.50. The van der Waals surface area contributed by atoms with Crippen molar-refractivity contribution in [3.8, 4) is 0 Å². The molecule has 1 aromatic rings. The van der Waals surface area contributed by atoms with E-state index in [4.69, 9.17) is 5.11 Å². The van der Waals surface area contributed by atoms with Crippen LogP contribution in [0.1, 0.15) is 18.5 Å². The summed E-state index contributed by atoms with van der Waals surface area (Å²) in [7, 11) is 1.66. The Morgan fingerprint density at radius 2 is 2.21 bits per heavy atom. The monoisotopic (exact) mass is 267 g/mol. The lowest BCUT2D eigenvalue weighted by Crippen LogP contribution is -2.31. The first-order chi connectivity index (χ1) is 9.08. The molecule has 1 heterocycles. The molecule has 0 aliphatic heterocycles. The molecule has 0 unspecified atom stereocenters. The second-order valence-electron chi connectivity index (χ2n) is 4.46. The van der Waals surface area contributed by atoms with Gasteiger partial charge in [-0.2, -0.15) is 4.98 Å². The van der Waals surface area contributed by atoms with Crippen LogP contribution < -0.4 is 10.2 Å². The number of anilines is 2. The van der Waals surface area contributed by atoms with Gasteiger partial charge in [0.2, 0.25) is 11.8 Å². The molecule has 0 aromatic carbocycles. The number of nitrogens with one attached hydrogen (secondary N) is 1. The van der Waals surface area contributed by atoms with Gasteiger partial charge in [-0.3, -0.25) is 10.1 Å². The summed E-state index contributed by atoms with van der Waals surface area (Å²) >= 11 is 0. The predicted octanol–water partition coefficient (Wildman–Crippen LogP) is 0.696. The number of hydrogen-bond donors (Lipinski definition) is 2. The van der Waals surface area contributed by atoms with Gasteiger partial charge in [-0.15, -0.1) is 0 Å². The van der Waals surface area contributed by atoms with Gasteiger partial charge >= 0.3 is 5.69 Å². The molecule has 1 fully saturated rings. The maximum atomic E-state index is 11.2. The van der Waals surface area contributed by atoms with Crippen LogP contribution in [0.15, 0.2) is 0 Å². The van der Waals surface area contributed by atoms with Gasteiger partial charge in [0.15, 0.2) is 0 Å². The number of hydrogen-bond acceptors (Lipinski definition) is 7. The molecule has 8 nitrogen and oxygen atoms in total. The van der Waals surface area contributed by atoms with Crippen molar-refractivity contribution in [3.63, 3.8) is 0 Å². The zero-order valence-corrected chi connectivity index (χ0v) is 11.0. The van der Waals surface area contributed by atoms with Gasteiger partial charge in [-0.25, -0.2) is 4.98 Å². The average molecular weight is 267 g/mol. The van der Waals surface area contributed by atoms with Crippen molar-refractivity contribution >= 4 is 17.5 Å². The molecule has 0 amide bonds. The Morgan fingerprint density at radius 3 is 2.68 bits per heavy atom. The number of nitrogens with zero attached hydrogens (tertiary/aromatic N) is 4. The van der Waals surface area contributed by atoms with Gasteiger partial charge in [0.25, 0.3) is 0 Å². The number of aliphatic hydroxyl groups is 1. The molecule has 104 valence electrons. The highest BCUT2D eigenvalue weighted by atomic mass is 16.6. The summed E-state index contributed by atoms with van der Waals surface area (Å²) < 4.78 is 0. The van der Waals surface area contributed by atoms with Crippen molar-refractivity contribution in [1.82, 2.24) is 9.97 Å². The highest BCUT2D eigenvalue weighted by Gasteiger charge is 2.35. The first-order valence-electron chi connectivity index (χ1n) is 6.16. The van der Waals surface area contributed by atoms with Crippen LogP contribution in [-0.2, 0) is 0 Å². The lowest BCUT2D eigenvalue weighted by Gasteiger charge is -2.22. The predicted molar refractivity (Wildman–Crippen MR) is 70.4 cm³/mol. The van der Waals surface area contributed by atoms with Crippen LogP contribution >= 0.6 is 0 Å². The Bertz CT molecular complexity index is 489. The van der Waals surface area contributed by atoms with E-state index >= 15 is 0 Å². The summed E-state index contributed by atoms with van der Waals surface area (Å²) in [4.78, 5) is 20.8. The molecule has 19 heavy (non-hydrogen) atoms. The molecule has 0 saturated heterocycles. The molecule has 1 aromatic heterocycles. The van der Waals surface area contributed by atoms with Crippen LogP contribution in [-0.4, -0.2) is 46.2 Å². The summed E-state index contributed by atoms with van der Waals surface area (Å²) in [6, 6.07) is 0.227. The van der Waals surface area contributed by atoms with Gasteiger partial charge < -0.3 is 15.3 Å². The molecule has 2 N–H and O–H groups in total. The van der Waals surface area contributed by atoms with Crippen molar-refractivity contribution in [2.75, 3.05) is 30.4 Å². The number of nitro groups is 1. The fourth-order valence-electron chi connectivity index (χ4n) is 2.03. The maximum absolute atomic E-state index is 11.2. The van der Waals surface area contributed by atoms with Crippen LogP contribution in [0.4, 0.5) is 17.5 Å². The first kappa shape index (κ1) is 13.5. The molecule has 1 aliphatic carbocycles. The van der Waals surface area contributed by atoms with Crippen LogP contribution in [0.5, 0.6) is 0 Å². The molecule has 0 spiro atoms. The molecule has 1 saturated carbocycles. The Kier molecular flexibility index (Phi) is 3.79. The van der Waals surface area contributed by atoms with Crippen molar-refractivity contribution in [2.24, 2.45) is 0 Å². The SMILES string of the molecule is CNc1nc(C)c([N+](=O)[O-])c(N(CCO)C2CC2)n1. The van der Waals surface area contributed by atoms with E-state index in [1.165, 1.54) is 0 Å². The van der Waals surface area contributed by atoms with Gasteiger partial charge in [0, 0.05) is 19.6 Å². The third-order valence-corrected chi connectivity index (χ3v) is 3.05. The number of aromatic nitrogens is 2. The average Bonchev–Trinajstić information content (AvgIpc) is 3.18. The second kappa shape index (κ2) is 5.35. The molecule has 0 atom stereocenters. The number of aryl methyl sites for hydroxylation is 1. The summed E-state index contributed by atoms with van der Waals surface area (Å²) in [5.74, 6) is 0.639. The normalized spacial score (nSPS) is 14.3. The Labute approximate surface area is 110 Å². The van der Waals surface area contributed by atoms with Crippen LogP contribution in [0, 0.1) is 17.0 Å². The highest BCUT2D eigenvalue weighted by Crippen LogP contribution is 2.36. The molecule has 1 aliphatic rings. The molecule has 0 bridgehead atoms. The van der Waals surface area contributed by atoms with Gasteiger partial charge in [0.05, 0.1) is 11.5 Å². The van der Waals surface area contributed by atoms with E-state index in [0.717, 1.165) is 12.8 Å². The van der Waals surface area contributed by atoms with Crippen molar-refractivity contribution in [1.29, 1.82) is 0 Å². The van der Waals surface area contributed by atoms with E-state index in [-0.39, 0.29) is 18.3 Å². The standard InChI is InChI=1S/C11H17N5O3/c1-7-9(16(18)19)10(14-11(12-2)13-7)15(5-6-17)8-3-4-8/h8,17H,3-6H2,1-2H3,(H,12,13,14). The van der Waals surface area contributed by atoms with E-state index in [0.29, 0.717) is 24.0 Å². The molecule has 8 heteroatoms. The molecule has 2 rings (SSSR count). The molecular weight excluding hydrogens is 250 g/mol. The highest BCUT2D eigenvalue weighted by molar-refractivity contribution is 5.63. The second-order valence-corrected chi connectivity index (χ2v) is 4.46. The Hall–Kier alpha value is -1.96. The summed E-state index contributed by atoms with van der Waals surface area (Å²) in [5, 5.41) is 23.1. The fraction of sp³-hybridized carbons (Fsp3) is 0.636. The molecule has 0 radical (unpaired) electrons. The van der Waals surface area contributed by atoms with E-state index in [9.17, 15) is 10.1 Å². The number of aliphatic hydroxyl groups excluding tert-OH is 1. The zero-order valence-electron chi connectivity index (χ0n) is 11.0. The summed E-state index contributed by atoms with van der Waals surface area (Å²) in [6.07, 6.45) is 1.93. The van der Waals surface area contributed by atoms with Crippen LogP contribution in [0.2, 0.25) is 0 Å². The van der Waals surface area contributed by atoms with E-state index in [1.807, 2.05) is 0 Å². The van der Waals surface area contributed by atoms with Crippen LogP contribution in [0.3, 0.4) is 0 Å². The minimum atomic E-state index is -0.461. The lowest BCUT2D eigenvalue weighted by molar-refractivity contribution is -0.385. The summed E-state index contributed by atoms with van der Waals surface area (Å²) in [5.41, 5.74) is 0.238. The Morgan fingerprint density at radius 1 is 1.53 bits per heavy atom. The minimum Gasteiger partial charge on any atom is -0.395 e. The van der Waals surface area contributed by atoms with Crippen molar-refractivity contribution in [3.05, 3.63) is 15.8 Å².